The molecular formula is C10H9N3. The summed E-state index contributed by atoms with van der Waals surface area (Å²) in [7, 11) is 0. The molecule has 3 nitrogen and oxygen atoms in total. The molecule has 0 fully saturated rings. The van der Waals surface area contributed by atoms with Gasteiger partial charge < -0.3 is 0 Å². The van der Waals surface area contributed by atoms with Crippen molar-refractivity contribution in [2.24, 2.45) is 0 Å². The molecule has 2 rings (SSSR count). The van der Waals surface area contributed by atoms with E-state index in [-0.39, 0.29) is 0 Å². The summed E-state index contributed by atoms with van der Waals surface area (Å²) >= 11 is 0. The fraction of sp³-hybridized carbons (Fsp3) is 0.100. The van der Waals surface area contributed by atoms with Gasteiger partial charge in [-0.2, -0.15) is 0 Å². The van der Waals surface area contributed by atoms with Gasteiger partial charge in [0.2, 0.25) is 0 Å². The van der Waals surface area contributed by atoms with Gasteiger partial charge in [-0.1, -0.05) is 30.3 Å². The maximum absolute atomic E-state index is 4.05. The first-order valence-electron chi connectivity index (χ1n) is 4.10. The topological polar surface area (TPSA) is 38.7 Å². The Bertz CT molecular complexity index is 321. The zero-order chi connectivity index (χ0) is 8.93. The molecule has 0 N–H and O–H groups in total. The van der Waals surface area contributed by atoms with E-state index in [0.29, 0.717) is 0 Å². The van der Waals surface area contributed by atoms with Crippen molar-refractivity contribution in [2.75, 3.05) is 0 Å². The molecule has 0 saturated heterocycles. The van der Waals surface area contributed by atoms with Crippen molar-refractivity contribution >= 4 is 0 Å². The summed E-state index contributed by atoms with van der Waals surface area (Å²) in [6.45, 7) is 0. The zero-order valence-electron chi connectivity index (χ0n) is 7.09. The molecule has 0 spiro atoms. The molecule has 64 valence electrons. The molecule has 1 aromatic carbocycles. The maximum atomic E-state index is 4.05. The summed E-state index contributed by atoms with van der Waals surface area (Å²) in [5, 5.41) is 0. The minimum absolute atomic E-state index is 0.767. The van der Waals surface area contributed by atoms with Crippen molar-refractivity contribution in [1.82, 2.24) is 15.0 Å². The highest BCUT2D eigenvalue weighted by molar-refractivity contribution is 5.18. The summed E-state index contributed by atoms with van der Waals surface area (Å²) in [6.07, 6.45) is 3.81. The number of aromatic nitrogens is 3. The molecule has 0 aliphatic rings. The van der Waals surface area contributed by atoms with E-state index >= 15 is 0 Å². The number of rotatable bonds is 2. The number of nitrogens with zero attached hydrogens (tertiary/aromatic N) is 3. The highest BCUT2D eigenvalue weighted by Gasteiger charge is 1.95. The van der Waals surface area contributed by atoms with Gasteiger partial charge in [0, 0.05) is 6.42 Å². The van der Waals surface area contributed by atoms with Crippen LogP contribution in [0.3, 0.4) is 0 Å². The van der Waals surface area contributed by atoms with Gasteiger partial charge >= 0.3 is 0 Å². The second kappa shape index (κ2) is 3.76. The third kappa shape index (κ3) is 2.08. The van der Waals surface area contributed by atoms with Crippen LogP contribution in [-0.2, 0) is 6.42 Å². The van der Waals surface area contributed by atoms with Gasteiger partial charge in [0.05, 0.1) is 0 Å². The second-order valence-electron chi connectivity index (χ2n) is 2.72. The van der Waals surface area contributed by atoms with Crippen molar-refractivity contribution < 1.29 is 0 Å². The molecule has 13 heavy (non-hydrogen) atoms. The van der Waals surface area contributed by atoms with Gasteiger partial charge in [0.1, 0.15) is 18.5 Å². The van der Waals surface area contributed by atoms with Crippen LogP contribution in [0.25, 0.3) is 0 Å². The Kier molecular flexibility index (Phi) is 2.27. The molecule has 0 aliphatic carbocycles. The molecule has 1 heterocycles. The predicted octanol–water partition coefficient (Wildman–Crippen LogP) is 1.46. The van der Waals surface area contributed by atoms with E-state index in [9.17, 15) is 0 Å². The lowest BCUT2D eigenvalue weighted by atomic mass is 10.1. The SMILES string of the molecule is c1ccc(Cc2ncncn2)cc1. The van der Waals surface area contributed by atoms with E-state index in [0.717, 1.165) is 12.2 Å². The van der Waals surface area contributed by atoms with Gasteiger partial charge in [-0.25, -0.2) is 15.0 Å². The Balaban J connectivity index is 2.16. The minimum Gasteiger partial charge on any atom is -0.225 e. The lowest BCUT2D eigenvalue weighted by Crippen LogP contribution is -1.95. The minimum atomic E-state index is 0.767. The summed E-state index contributed by atoms with van der Waals surface area (Å²) in [6, 6.07) is 10.1. The van der Waals surface area contributed by atoms with Gasteiger partial charge in [-0.15, -0.1) is 0 Å². The second-order valence-corrected chi connectivity index (χ2v) is 2.72. The fourth-order valence-electron chi connectivity index (χ4n) is 1.13. The third-order valence-electron chi connectivity index (χ3n) is 1.75. The molecule has 0 aliphatic heterocycles. The lowest BCUT2D eigenvalue weighted by Gasteiger charge is -1.97. The van der Waals surface area contributed by atoms with E-state index < -0.39 is 0 Å². The van der Waals surface area contributed by atoms with Crippen molar-refractivity contribution in [3.8, 4) is 0 Å². The zero-order valence-corrected chi connectivity index (χ0v) is 7.09. The number of benzene rings is 1. The van der Waals surface area contributed by atoms with Crippen LogP contribution < -0.4 is 0 Å². The predicted molar refractivity (Wildman–Crippen MR) is 49.1 cm³/mol. The first kappa shape index (κ1) is 7.86. The monoisotopic (exact) mass is 171 g/mol. The van der Waals surface area contributed by atoms with Crippen molar-refractivity contribution in [3.63, 3.8) is 0 Å². The van der Waals surface area contributed by atoms with Crippen molar-refractivity contribution in [3.05, 3.63) is 54.4 Å². The van der Waals surface area contributed by atoms with E-state index in [1.165, 1.54) is 18.2 Å². The maximum Gasteiger partial charge on any atom is 0.136 e. The highest BCUT2D eigenvalue weighted by atomic mass is 15.0. The standard InChI is InChI=1S/C10H9N3/c1-2-4-9(5-3-1)6-10-12-7-11-8-13-10/h1-5,7-8H,6H2. The average Bonchev–Trinajstić information content (AvgIpc) is 2.21. The Morgan fingerprint density at radius 2 is 1.62 bits per heavy atom. The Morgan fingerprint density at radius 3 is 2.31 bits per heavy atom. The summed E-state index contributed by atoms with van der Waals surface area (Å²) in [4.78, 5) is 11.9. The van der Waals surface area contributed by atoms with Gasteiger partial charge in [0.25, 0.3) is 0 Å². The average molecular weight is 171 g/mol. The van der Waals surface area contributed by atoms with Crippen molar-refractivity contribution in [2.45, 2.75) is 6.42 Å². The Hall–Kier alpha value is -1.77. The van der Waals surface area contributed by atoms with E-state index in [1.54, 1.807) is 0 Å². The fourth-order valence-corrected chi connectivity index (χ4v) is 1.13. The van der Waals surface area contributed by atoms with Crippen LogP contribution in [0, 0.1) is 0 Å². The van der Waals surface area contributed by atoms with Crippen LogP contribution >= 0.6 is 0 Å². The molecule has 2 aromatic rings. The van der Waals surface area contributed by atoms with Gasteiger partial charge in [0.15, 0.2) is 0 Å². The quantitative estimate of drug-likeness (QED) is 0.686. The Labute approximate surface area is 76.5 Å². The summed E-state index contributed by atoms with van der Waals surface area (Å²) < 4.78 is 0. The molecule has 0 bridgehead atoms. The first-order valence-corrected chi connectivity index (χ1v) is 4.10. The van der Waals surface area contributed by atoms with Crippen LogP contribution in [0.15, 0.2) is 43.0 Å². The molecule has 3 heteroatoms. The molecule has 0 saturated carbocycles. The molecular weight excluding hydrogens is 162 g/mol. The van der Waals surface area contributed by atoms with Crippen molar-refractivity contribution in [1.29, 1.82) is 0 Å². The summed E-state index contributed by atoms with van der Waals surface area (Å²) in [5.41, 5.74) is 1.22. The normalized spacial score (nSPS) is 9.85. The molecule has 1 aromatic heterocycles. The van der Waals surface area contributed by atoms with E-state index in [1.807, 2.05) is 18.2 Å². The summed E-state index contributed by atoms with van der Waals surface area (Å²) in [5.74, 6) is 0.807. The Morgan fingerprint density at radius 1 is 0.923 bits per heavy atom. The van der Waals surface area contributed by atoms with E-state index in [4.69, 9.17) is 0 Å². The van der Waals surface area contributed by atoms with Crippen LogP contribution in [0.5, 0.6) is 0 Å². The smallest absolute Gasteiger partial charge is 0.136 e. The lowest BCUT2D eigenvalue weighted by molar-refractivity contribution is 0.918. The van der Waals surface area contributed by atoms with Crippen LogP contribution in [-0.4, -0.2) is 15.0 Å². The third-order valence-corrected chi connectivity index (χ3v) is 1.75. The first-order chi connectivity index (χ1) is 6.45. The van der Waals surface area contributed by atoms with Crippen LogP contribution in [0.1, 0.15) is 11.4 Å². The number of hydrogen-bond acceptors (Lipinski definition) is 3. The van der Waals surface area contributed by atoms with Crippen LogP contribution in [0.4, 0.5) is 0 Å². The molecule has 0 unspecified atom stereocenters. The van der Waals surface area contributed by atoms with Crippen LogP contribution in [0.2, 0.25) is 0 Å². The number of hydrogen-bond donors (Lipinski definition) is 0. The molecule has 0 atom stereocenters. The van der Waals surface area contributed by atoms with Gasteiger partial charge in [-0.3, -0.25) is 0 Å². The molecule has 0 amide bonds. The van der Waals surface area contributed by atoms with Gasteiger partial charge in [-0.05, 0) is 5.56 Å². The molecule has 0 radical (unpaired) electrons. The largest absolute Gasteiger partial charge is 0.225 e. The van der Waals surface area contributed by atoms with E-state index in [2.05, 4.69) is 27.1 Å². The highest BCUT2D eigenvalue weighted by Crippen LogP contribution is 2.02.